The van der Waals surface area contributed by atoms with Crippen LogP contribution >= 0.6 is 0 Å². The maximum Gasteiger partial charge on any atom is 0.0636 e. The predicted octanol–water partition coefficient (Wildman–Crippen LogP) is 4.00. The first-order chi connectivity index (χ1) is 9.69. The minimum absolute atomic E-state index is 0.158. The topological polar surface area (TPSA) is 38.0 Å². The van der Waals surface area contributed by atoms with Gasteiger partial charge in [-0.05, 0) is 35.6 Å². The van der Waals surface area contributed by atoms with Crippen molar-refractivity contribution >= 4 is 5.69 Å². The molecule has 0 heterocycles. The molecule has 2 aromatic rings. The van der Waals surface area contributed by atoms with E-state index in [2.05, 4.69) is 55.6 Å². The molecule has 0 aliphatic rings. The third kappa shape index (κ3) is 4.10. The van der Waals surface area contributed by atoms with Gasteiger partial charge in [-0.15, -0.1) is 0 Å². The number of hydrogen-bond donors (Lipinski definition) is 2. The van der Waals surface area contributed by atoms with Gasteiger partial charge >= 0.3 is 0 Å². The van der Waals surface area contributed by atoms with E-state index < -0.39 is 0 Å². The molecule has 0 aliphatic heterocycles. The summed E-state index contributed by atoms with van der Waals surface area (Å²) in [5, 5.41) is 3.48. The lowest BCUT2D eigenvalue weighted by Gasteiger charge is -2.19. The molecule has 0 fully saturated rings. The summed E-state index contributed by atoms with van der Waals surface area (Å²) >= 11 is 0. The second kappa shape index (κ2) is 7.11. The van der Waals surface area contributed by atoms with Gasteiger partial charge in [0.2, 0.25) is 0 Å². The highest BCUT2D eigenvalue weighted by atomic mass is 14.9. The highest BCUT2D eigenvalue weighted by Crippen LogP contribution is 2.20. The molecule has 0 aliphatic carbocycles. The van der Waals surface area contributed by atoms with Crippen LogP contribution in [0.5, 0.6) is 0 Å². The molecule has 0 amide bonds. The molecule has 0 saturated heterocycles. The molecule has 2 heteroatoms. The Bertz CT molecular complexity index is 503. The SMILES string of the molecule is CC(C)Cc1ccc(C(CN)Nc2ccccc2)cc1. The minimum Gasteiger partial charge on any atom is -0.377 e. The lowest BCUT2D eigenvalue weighted by atomic mass is 9.99. The number of anilines is 1. The van der Waals surface area contributed by atoms with E-state index in [9.17, 15) is 0 Å². The summed E-state index contributed by atoms with van der Waals surface area (Å²) < 4.78 is 0. The molecular weight excluding hydrogens is 244 g/mol. The first-order valence-corrected chi connectivity index (χ1v) is 7.29. The fraction of sp³-hybridized carbons (Fsp3) is 0.333. The van der Waals surface area contributed by atoms with Gasteiger partial charge in [-0.1, -0.05) is 56.3 Å². The number of rotatable bonds is 6. The Morgan fingerprint density at radius 1 is 0.950 bits per heavy atom. The van der Waals surface area contributed by atoms with Gasteiger partial charge in [0.05, 0.1) is 6.04 Å². The molecule has 1 atom stereocenters. The summed E-state index contributed by atoms with van der Waals surface area (Å²) in [6.45, 7) is 5.07. The van der Waals surface area contributed by atoms with Crippen LogP contribution in [0.4, 0.5) is 5.69 Å². The van der Waals surface area contributed by atoms with E-state index in [0.717, 1.165) is 12.1 Å². The van der Waals surface area contributed by atoms with Crippen LogP contribution in [0.15, 0.2) is 54.6 Å². The van der Waals surface area contributed by atoms with Crippen molar-refractivity contribution in [2.24, 2.45) is 11.7 Å². The highest BCUT2D eigenvalue weighted by Gasteiger charge is 2.09. The van der Waals surface area contributed by atoms with Crippen molar-refractivity contribution < 1.29 is 0 Å². The third-order valence-electron chi connectivity index (χ3n) is 3.38. The molecule has 0 spiro atoms. The summed E-state index contributed by atoms with van der Waals surface area (Å²) in [5.74, 6) is 0.689. The standard InChI is InChI=1S/C18H24N2/c1-14(2)12-15-8-10-16(11-9-15)18(13-19)20-17-6-4-3-5-7-17/h3-11,14,18,20H,12-13,19H2,1-2H3. The average molecular weight is 268 g/mol. The van der Waals surface area contributed by atoms with Crippen molar-refractivity contribution in [1.82, 2.24) is 0 Å². The molecular formula is C18H24N2. The summed E-state index contributed by atoms with van der Waals surface area (Å²) in [6.07, 6.45) is 1.12. The van der Waals surface area contributed by atoms with E-state index in [1.165, 1.54) is 11.1 Å². The summed E-state index contributed by atoms with van der Waals surface area (Å²) in [5.41, 5.74) is 9.64. The monoisotopic (exact) mass is 268 g/mol. The fourth-order valence-corrected chi connectivity index (χ4v) is 2.37. The van der Waals surface area contributed by atoms with Gasteiger partial charge in [-0.3, -0.25) is 0 Å². The largest absolute Gasteiger partial charge is 0.377 e. The van der Waals surface area contributed by atoms with E-state index in [4.69, 9.17) is 5.73 Å². The van der Waals surface area contributed by atoms with Crippen molar-refractivity contribution in [1.29, 1.82) is 0 Å². The Morgan fingerprint density at radius 2 is 1.60 bits per heavy atom. The molecule has 20 heavy (non-hydrogen) atoms. The predicted molar refractivity (Wildman–Crippen MR) is 86.8 cm³/mol. The van der Waals surface area contributed by atoms with E-state index in [1.54, 1.807) is 0 Å². The van der Waals surface area contributed by atoms with E-state index in [1.807, 2.05) is 18.2 Å². The summed E-state index contributed by atoms with van der Waals surface area (Å²) in [7, 11) is 0. The molecule has 2 aromatic carbocycles. The van der Waals surface area contributed by atoms with Gasteiger partial charge in [0, 0.05) is 12.2 Å². The maximum atomic E-state index is 5.91. The molecule has 0 bridgehead atoms. The van der Waals surface area contributed by atoms with E-state index in [0.29, 0.717) is 12.5 Å². The number of hydrogen-bond acceptors (Lipinski definition) is 2. The number of para-hydroxylation sites is 1. The van der Waals surface area contributed by atoms with Crippen LogP contribution in [0.3, 0.4) is 0 Å². The second-order valence-corrected chi connectivity index (χ2v) is 5.64. The molecule has 3 N–H and O–H groups in total. The molecule has 106 valence electrons. The van der Waals surface area contributed by atoms with Crippen LogP contribution in [0, 0.1) is 5.92 Å². The fourth-order valence-electron chi connectivity index (χ4n) is 2.37. The van der Waals surface area contributed by atoms with E-state index in [-0.39, 0.29) is 6.04 Å². The van der Waals surface area contributed by atoms with Crippen LogP contribution < -0.4 is 11.1 Å². The van der Waals surface area contributed by atoms with Gasteiger partial charge < -0.3 is 11.1 Å². The van der Waals surface area contributed by atoms with Crippen molar-refractivity contribution in [3.63, 3.8) is 0 Å². The number of nitrogens with one attached hydrogen (secondary N) is 1. The summed E-state index contributed by atoms with van der Waals surface area (Å²) in [4.78, 5) is 0. The van der Waals surface area contributed by atoms with Crippen LogP contribution in [0.25, 0.3) is 0 Å². The second-order valence-electron chi connectivity index (χ2n) is 5.64. The highest BCUT2D eigenvalue weighted by molar-refractivity contribution is 5.45. The molecule has 0 radical (unpaired) electrons. The average Bonchev–Trinajstić information content (AvgIpc) is 2.46. The molecule has 1 unspecified atom stereocenters. The van der Waals surface area contributed by atoms with Crippen LogP contribution in [-0.4, -0.2) is 6.54 Å². The molecule has 0 saturated carbocycles. The molecule has 2 nitrogen and oxygen atoms in total. The van der Waals surface area contributed by atoms with Crippen LogP contribution in [0.2, 0.25) is 0 Å². The normalized spacial score (nSPS) is 12.4. The van der Waals surface area contributed by atoms with Gasteiger partial charge in [0.1, 0.15) is 0 Å². The molecule has 2 rings (SSSR count). The van der Waals surface area contributed by atoms with Crippen LogP contribution in [0.1, 0.15) is 31.0 Å². The zero-order chi connectivity index (χ0) is 14.4. The first-order valence-electron chi connectivity index (χ1n) is 7.29. The minimum atomic E-state index is 0.158. The lowest BCUT2D eigenvalue weighted by Crippen LogP contribution is -2.20. The maximum absolute atomic E-state index is 5.91. The smallest absolute Gasteiger partial charge is 0.0636 e. The summed E-state index contributed by atoms with van der Waals surface area (Å²) in [6, 6.07) is 19.2. The quantitative estimate of drug-likeness (QED) is 0.831. The van der Waals surface area contributed by atoms with Crippen LogP contribution in [-0.2, 0) is 6.42 Å². The molecule has 0 aromatic heterocycles. The Hall–Kier alpha value is -1.80. The Kier molecular flexibility index (Phi) is 5.19. The van der Waals surface area contributed by atoms with Crippen molar-refractivity contribution in [2.45, 2.75) is 26.3 Å². The van der Waals surface area contributed by atoms with Crippen molar-refractivity contribution in [2.75, 3.05) is 11.9 Å². The van der Waals surface area contributed by atoms with Crippen molar-refractivity contribution in [3.8, 4) is 0 Å². The zero-order valence-corrected chi connectivity index (χ0v) is 12.3. The van der Waals surface area contributed by atoms with Gasteiger partial charge in [0.15, 0.2) is 0 Å². The van der Waals surface area contributed by atoms with Gasteiger partial charge in [0.25, 0.3) is 0 Å². The van der Waals surface area contributed by atoms with Crippen molar-refractivity contribution in [3.05, 3.63) is 65.7 Å². The lowest BCUT2D eigenvalue weighted by molar-refractivity contribution is 0.647. The first kappa shape index (κ1) is 14.6. The van der Waals surface area contributed by atoms with E-state index >= 15 is 0 Å². The third-order valence-corrected chi connectivity index (χ3v) is 3.38. The number of benzene rings is 2. The zero-order valence-electron chi connectivity index (χ0n) is 12.3. The Balaban J connectivity index is 2.07. The Labute approximate surface area is 122 Å². The van der Waals surface area contributed by atoms with Gasteiger partial charge in [-0.25, -0.2) is 0 Å². The number of nitrogens with two attached hydrogens (primary N) is 1. The van der Waals surface area contributed by atoms with Gasteiger partial charge in [-0.2, -0.15) is 0 Å². The Morgan fingerprint density at radius 3 is 2.15 bits per heavy atom.